The molecule has 0 aromatic carbocycles. The highest BCUT2D eigenvalue weighted by Gasteiger charge is 2.15. The molecule has 1 aliphatic carbocycles. The number of aromatic nitrogens is 2. The van der Waals surface area contributed by atoms with Crippen LogP contribution in [0.1, 0.15) is 56.7 Å². The van der Waals surface area contributed by atoms with E-state index >= 15 is 0 Å². The highest BCUT2D eigenvalue weighted by atomic mass is 16.4. The van der Waals surface area contributed by atoms with Gasteiger partial charge >= 0.3 is 0 Å². The van der Waals surface area contributed by atoms with Crippen molar-refractivity contribution in [3.05, 3.63) is 11.8 Å². The van der Waals surface area contributed by atoms with Crippen molar-refractivity contribution in [1.82, 2.24) is 15.5 Å². The smallest absolute Gasteiger partial charge is 0.216 e. The second kappa shape index (κ2) is 7.52. The Bertz CT molecular complexity index is 332. The second-order valence-corrected chi connectivity index (χ2v) is 5.34. The minimum atomic E-state index is 0.795. The van der Waals surface area contributed by atoms with Crippen molar-refractivity contribution in [1.29, 1.82) is 0 Å². The van der Waals surface area contributed by atoms with Gasteiger partial charge in [0.1, 0.15) is 0 Å². The summed E-state index contributed by atoms with van der Waals surface area (Å²) in [5, 5.41) is 11.4. The zero-order valence-corrected chi connectivity index (χ0v) is 11.5. The minimum absolute atomic E-state index is 0.795. The van der Waals surface area contributed by atoms with Gasteiger partial charge in [-0.15, -0.1) is 10.2 Å². The molecular weight excluding hydrogens is 226 g/mol. The van der Waals surface area contributed by atoms with Gasteiger partial charge in [-0.1, -0.05) is 32.1 Å². The molecule has 1 aliphatic rings. The lowest BCUT2D eigenvalue weighted by atomic mass is 9.86. The number of rotatable bonds is 7. The molecule has 1 aromatic rings. The van der Waals surface area contributed by atoms with Crippen LogP contribution >= 0.6 is 0 Å². The fourth-order valence-electron chi connectivity index (χ4n) is 2.71. The predicted octanol–water partition coefficient (Wildman–Crippen LogP) is 2.73. The Kier molecular flexibility index (Phi) is 5.65. The van der Waals surface area contributed by atoms with E-state index in [0.29, 0.717) is 0 Å². The Morgan fingerprint density at radius 2 is 1.83 bits per heavy atom. The maximum absolute atomic E-state index is 5.67. The van der Waals surface area contributed by atoms with E-state index in [-0.39, 0.29) is 0 Å². The predicted molar refractivity (Wildman–Crippen MR) is 71.4 cm³/mol. The van der Waals surface area contributed by atoms with Crippen LogP contribution in [0, 0.1) is 5.92 Å². The van der Waals surface area contributed by atoms with Gasteiger partial charge in [-0.3, -0.25) is 0 Å². The summed E-state index contributed by atoms with van der Waals surface area (Å²) in [4.78, 5) is 0. The second-order valence-electron chi connectivity index (χ2n) is 5.34. The van der Waals surface area contributed by atoms with Crippen LogP contribution < -0.4 is 5.32 Å². The van der Waals surface area contributed by atoms with Crippen LogP contribution in [-0.2, 0) is 12.8 Å². The average Bonchev–Trinajstić information content (AvgIpc) is 2.86. The van der Waals surface area contributed by atoms with Crippen molar-refractivity contribution < 1.29 is 4.42 Å². The van der Waals surface area contributed by atoms with Crippen LogP contribution in [0.25, 0.3) is 0 Å². The van der Waals surface area contributed by atoms with E-state index < -0.39 is 0 Å². The van der Waals surface area contributed by atoms with Crippen molar-refractivity contribution in [3.8, 4) is 0 Å². The molecule has 0 saturated heterocycles. The summed E-state index contributed by atoms with van der Waals surface area (Å²) < 4.78 is 5.67. The van der Waals surface area contributed by atoms with Crippen LogP contribution in [0.15, 0.2) is 4.42 Å². The maximum atomic E-state index is 5.67. The molecule has 0 aliphatic heterocycles. The Morgan fingerprint density at radius 3 is 2.56 bits per heavy atom. The van der Waals surface area contributed by atoms with Crippen LogP contribution in [0.2, 0.25) is 0 Å². The van der Waals surface area contributed by atoms with Gasteiger partial charge in [0.2, 0.25) is 11.8 Å². The summed E-state index contributed by atoms with van der Waals surface area (Å²) in [5.74, 6) is 2.52. The SMILES string of the molecule is CNCCCc1nnc(CCC2CCCCC2)o1. The van der Waals surface area contributed by atoms with Crippen molar-refractivity contribution in [2.24, 2.45) is 5.92 Å². The Morgan fingerprint density at radius 1 is 1.11 bits per heavy atom. The molecule has 0 spiro atoms. The van der Waals surface area contributed by atoms with Crippen LogP contribution in [-0.4, -0.2) is 23.8 Å². The van der Waals surface area contributed by atoms with Gasteiger partial charge in [-0.25, -0.2) is 0 Å². The van der Waals surface area contributed by atoms with E-state index in [1.165, 1.54) is 38.5 Å². The Balaban J connectivity index is 1.69. The molecule has 1 aromatic heterocycles. The monoisotopic (exact) mass is 251 g/mol. The molecule has 4 nitrogen and oxygen atoms in total. The molecule has 18 heavy (non-hydrogen) atoms. The zero-order chi connectivity index (χ0) is 12.6. The standard InChI is InChI=1S/C14H25N3O/c1-15-11-5-8-13-16-17-14(18-13)10-9-12-6-3-2-4-7-12/h12,15H,2-11H2,1H3. The van der Waals surface area contributed by atoms with Crippen molar-refractivity contribution >= 4 is 0 Å². The Labute approximate surface area is 110 Å². The normalized spacial score (nSPS) is 17.2. The van der Waals surface area contributed by atoms with E-state index in [4.69, 9.17) is 4.42 Å². The third-order valence-electron chi connectivity index (χ3n) is 3.82. The first-order valence-electron chi connectivity index (χ1n) is 7.34. The van der Waals surface area contributed by atoms with Crippen LogP contribution in [0.5, 0.6) is 0 Å². The number of hydrogen-bond acceptors (Lipinski definition) is 4. The van der Waals surface area contributed by atoms with Gasteiger partial charge in [0.05, 0.1) is 0 Å². The highest BCUT2D eigenvalue weighted by molar-refractivity contribution is 4.83. The molecule has 1 N–H and O–H groups in total. The largest absolute Gasteiger partial charge is 0.425 e. The lowest BCUT2D eigenvalue weighted by molar-refractivity contribution is 0.326. The molecule has 2 rings (SSSR count). The minimum Gasteiger partial charge on any atom is -0.425 e. The Hall–Kier alpha value is -0.900. The number of hydrogen-bond donors (Lipinski definition) is 1. The summed E-state index contributed by atoms with van der Waals surface area (Å²) in [7, 11) is 1.96. The lowest BCUT2D eigenvalue weighted by Gasteiger charge is -2.20. The summed E-state index contributed by atoms with van der Waals surface area (Å²) in [6, 6.07) is 0. The van der Waals surface area contributed by atoms with Gasteiger partial charge in [0.15, 0.2) is 0 Å². The van der Waals surface area contributed by atoms with Gasteiger partial charge in [0, 0.05) is 12.8 Å². The van der Waals surface area contributed by atoms with E-state index in [9.17, 15) is 0 Å². The molecule has 1 fully saturated rings. The maximum Gasteiger partial charge on any atom is 0.216 e. The molecule has 0 unspecified atom stereocenters. The van der Waals surface area contributed by atoms with Gasteiger partial charge in [-0.05, 0) is 32.4 Å². The molecule has 0 bridgehead atoms. The summed E-state index contributed by atoms with van der Waals surface area (Å²) in [6.45, 7) is 1.000. The first-order valence-corrected chi connectivity index (χ1v) is 7.34. The van der Waals surface area contributed by atoms with E-state index in [0.717, 1.165) is 43.5 Å². The lowest BCUT2D eigenvalue weighted by Crippen LogP contribution is -2.08. The quantitative estimate of drug-likeness (QED) is 0.757. The fourth-order valence-corrected chi connectivity index (χ4v) is 2.71. The molecule has 0 radical (unpaired) electrons. The first-order chi connectivity index (χ1) is 8.88. The summed E-state index contributed by atoms with van der Waals surface area (Å²) in [6.07, 6.45) is 11.1. The molecule has 4 heteroatoms. The topological polar surface area (TPSA) is 51.0 Å². The van der Waals surface area contributed by atoms with Crippen LogP contribution in [0.3, 0.4) is 0 Å². The molecule has 0 atom stereocenters. The molecule has 102 valence electrons. The first kappa shape index (κ1) is 13.5. The van der Waals surface area contributed by atoms with Crippen molar-refractivity contribution in [2.75, 3.05) is 13.6 Å². The summed E-state index contributed by atoms with van der Waals surface area (Å²) in [5.41, 5.74) is 0. The van der Waals surface area contributed by atoms with Crippen molar-refractivity contribution in [2.45, 2.75) is 57.8 Å². The fraction of sp³-hybridized carbons (Fsp3) is 0.857. The zero-order valence-electron chi connectivity index (χ0n) is 11.5. The third-order valence-corrected chi connectivity index (χ3v) is 3.82. The van der Waals surface area contributed by atoms with Gasteiger partial charge in [-0.2, -0.15) is 0 Å². The molecular formula is C14H25N3O. The molecule has 0 amide bonds. The number of aryl methyl sites for hydroxylation is 2. The van der Waals surface area contributed by atoms with Gasteiger partial charge < -0.3 is 9.73 Å². The average molecular weight is 251 g/mol. The number of nitrogens with one attached hydrogen (secondary N) is 1. The summed E-state index contributed by atoms with van der Waals surface area (Å²) >= 11 is 0. The highest BCUT2D eigenvalue weighted by Crippen LogP contribution is 2.27. The van der Waals surface area contributed by atoms with Gasteiger partial charge in [0.25, 0.3) is 0 Å². The number of nitrogens with zero attached hydrogens (tertiary/aromatic N) is 2. The third kappa shape index (κ3) is 4.41. The van der Waals surface area contributed by atoms with E-state index in [2.05, 4.69) is 15.5 Å². The van der Waals surface area contributed by atoms with Crippen molar-refractivity contribution in [3.63, 3.8) is 0 Å². The molecule has 1 heterocycles. The van der Waals surface area contributed by atoms with E-state index in [1.807, 2.05) is 7.05 Å². The molecule has 1 saturated carbocycles. The van der Waals surface area contributed by atoms with Crippen LogP contribution in [0.4, 0.5) is 0 Å². The van der Waals surface area contributed by atoms with E-state index in [1.54, 1.807) is 0 Å².